The highest BCUT2D eigenvalue weighted by Crippen LogP contribution is 2.13. The summed E-state index contributed by atoms with van der Waals surface area (Å²) in [4.78, 5) is 25.5. The lowest BCUT2D eigenvalue weighted by Gasteiger charge is -2.22. The highest BCUT2D eigenvalue weighted by Gasteiger charge is 2.17. The summed E-state index contributed by atoms with van der Waals surface area (Å²) in [7, 11) is 0. The molecule has 1 aromatic carbocycles. The minimum absolute atomic E-state index is 0.188. The Bertz CT molecular complexity index is 677. The zero-order chi connectivity index (χ0) is 16.7. The number of hydrogen-bond acceptors (Lipinski definition) is 3. The van der Waals surface area contributed by atoms with Crippen molar-refractivity contribution in [3.63, 3.8) is 0 Å². The van der Waals surface area contributed by atoms with Crippen molar-refractivity contribution in [2.75, 3.05) is 6.54 Å². The lowest BCUT2D eigenvalue weighted by Crippen LogP contribution is -2.32. The Morgan fingerprint density at radius 3 is 2.52 bits per heavy atom. The summed E-state index contributed by atoms with van der Waals surface area (Å²) in [5.74, 6) is -0.188. The predicted octanol–water partition coefficient (Wildman–Crippen LogP) is 3.26. The summed E-state index contributed by atoms with van der Waals surface area (Å²) in [5.41, 5.74) is 0.926. The first kappa shape index (κ1) is 17.2. The molecule has 0 aliphatic rings. The fraction of sp³-hybridized carbons (Fsp3) is 0.353. The number of unbranched alkanes of at least 4 members (excludes halogenated alkanes) is 2. The molecule has 6 heteroatoms. The summed E-state index contributed by atoms with van der Waals surface area (Å²) in [6, 6.07) is 10.2. The molecule has 1 amide bonds. The normalized spacial score (nSPS) is 10.5. The van der Waals surface area contributed by atoms with Gasteiger partial charge in [-0.05, 0) is 30.2 Å². The lowest BCUT2D eigenvalue weighted by atomic mass is 10.1. The summed E-state index contributed by atoms with van der Waals surface area (Å²) in [5, 5.41) is 6.80. The van der Waals surface area contributed by atoms with Crippen LogP contribution in [0.15, 0.2) is 41.2 Å². The highest BCUT2D eigenvalue weighted by atomic mass is 35.5. The molecule has 0 radical (unpaired) electrons. The van der Waals surface area contributed by atoms with Crippen LogP contribution in [-0.4, -0.2) is 27.5 Å². The predicted molar refractivity (Wildman–Crippen MR) is 90.6 cm³/mol. The zero-order valence-corrected chi connectivity index (χ0v) is 13.8. The van der Waals surface area contributed by atoms with Crippen molar-refractivity contribution in [1.82, 2.24) is 15.1 Å². The number of nitrogens with one attached hydrogen (secondary N) is 1. The van der Waals surface area contributed by atoms with Gasteiger partial charge in [-0.25, -0.2) is 5.10 Å². The van der Waals surface area contributed by atoms with E-state index in [1.54, 1.807) is 4.90 Å². The molecule has 0 saturated carbocycles. The molecule has 0 fully saturated rings. The molecule has 23 heavy (non-hydrogen) atoms. The summed E-state index contributed by atoms with van der Waals surface area (Å²) in [6.45, 7) is 3.26. The van der Waals surface area contributed by atoms with Crippen LogP contribution in [0.2, 0.25) is 5.02 Å². The molecule has 5 nitrogen and oxygen atoms in total. The van der Waals surface area contributed by atoms with Gasteiger partial charge in [0.25, 0.3) is 11.5 Å². The van der Waals surface area contributed by atoms with Gasteiger partial charge in [0, 0.05) is 24.2 Å². The fourth-order valence-electron chi connectivity index (χ4n) is 2.24. The average Bonchev–Trinajstić information content (AvgIpc) is 2.56. The van der Waals surface area contributed by atoms with Crippen molar-refractivity contribution in [3.8, 4) is 0 Å². The third kappa shape index (κ3) is 5.21. The second kappa shape index (κ2) is 8.48. The summed E-state index contributed by atoms with van der Waals surface area (Å²) < 4.78 is 0. The van der Waals surface area contributed by atoms with Crippen LogP contribution in [0, 0.1) is 0 Å². The van der Waals surface area contributed by atoms with Crippen LogP contribution in [0.3, 0.4) is 0 Å². The number of aromatic nitrogens is 2. The van der Waals surface area contributed by atoms with E-state index in [2.05, 4.69) is 17.1 Å². The van der Waals surface area contributed by atoms with Gasteiger partial charge in [-0.1, -0.05) is 43.5 Å². The molecule has 122 valence electrons. The molecule has 0 atom stereocenters. The van der Waals surface area contributed by atoms with Crippen molar-refractivity contribution in [2.45, 2.75) is 32.7 Å². The minimum Gasteiger partial charge on any atom is -0.333 e. The van der Waals surface area contributed by atoms with Crippen LogP contribution < -0.4 is 5.56 Å². The van der Waals surface area contributed by atoms with E-state index in [4.69, 9.17) is 11.6 Å². The van der Waals surface area contributed by atoms with Gasteiger partial charge in [0.05, 0.1) is 0 Å². The molecule has 2 aromatic rings. The lowest BCUT2D eigenvalue weighted by molar-refractivity contribution is 0.0732. The number of rotatable bonds is 7. The molecule has 1 N–H and O–H groups in total. The van der Waals surface area contributed by atoms with Crippen molar-refractivity contribution >= 4 is 17.5 Å². The maximum atomic E-state index is 12.6. The smallest absolute Gasteiger partial charge is 0.274 e. The quantitative estimate of drug-likeness (QED) is 0.791. The molecule has 0 spiro atoms. The molecule has 0 unspecified atom stereocenters. The molecule has 0 aliphatic carbocycles. The first-order valence-electron chi connectivity index (χ1n) is 7.69. The van der Waals surface area contributed by atoms with Crippen LogP contribution in [0.1, 0.15) is 42.2 Å². The Kier molecular flexibility index (Phi) is 6.35. The SMILES string of the molecule is CCCCCN(Cc1ccc(Cl)cc1)C(=O)c1ccc(=O)[nH]n1. The fourth-order valence-corrected chi connectivity index (χ4v) is 2.37. The zero-order valence-electron chi connectivity index (χ0n) is 13.1. The number of hydrogen-bond donors (Lipinski definition) is 1. The topological polar surface area (TPSA) is 66.1 Å². The van der Waals surface area contributed by atoms with Gasteiger partial charge < -0.3 is 4.90 Å². The van der Waals surface area contributed by atoms with Crippen LogP contribution in [0.4, 0.5) is 0 Å². The highest BCUT2D eigenvalue weighted by molar-refractivity contribution is 6.30. The number of carbonyl (C=O) groups excluding carboxylic acids is 1. The second-order valence-corrected chi connectivity index (χ2v) is 5.80. The number of halogens is 1. The van der Waals surface area contributed by atoms with Gasteiger partial charge in [-0.15, -0.1) is 0 Å². The van der Waals surface area contributed by atoms with E-state index in [1.165, 1.54) is 12.1 Å². The Morgan fingerprint density at radius 1 is 1.17 bits per heavy atom. The standard InChI is InChI=1S/C17H20ClN3O2/c1-2-3-4-11-21(12-13-5-7-14(18)8-6-13)17(23)15-9-10-16(22)20-19-15/h5-10H,2-4,11-12H2,1H3,(H,20,22). The first-order valence-corrected chi connectivity index (χ1v) is 8.07. The van der Waals surface area contributed by atoms with Crippen LogP contribution in [0.5, 0.6) is 0 Å². The van der Waals surface area contributed by atoms with Gasteiger partial charge in [0.15, 0.2) is 0 Å². The summed E-state index contributed by atoms with van der Waals surface area (Å²) >= 11 is 5.90. The van der Waals surface area contributed by atoms with Gasteiger partial charge in [0.1, 0.15) is 5.69 Å². The van der Waals surface area contributed by atoms with E-state index in [0.29, 0.717) is 18.1 Å². The van der Waals surface area contributed by atoms with Gasteiger partial charge >= 0.3 is 0 Å². The molecule has 2 rings (SSSR count). The van der Waals surface area contributed by atoms with E-state index in [9.17, 15) is 9.59 Å². The van der Waals surface area contributed by atoms with E-state index >= 15 is 0 Å². The van der Waals surface area contributed by atoms with Crippen molar-refractivity contribution < 1.29 is 4.79 Å². The van der Waals surface area contributed by atoms with Crippen LogP contribution >= 0.6 is 11.6 Å². The third-order valence-corrected chi connectivity index (χ3v) is 3.76. The Labute approximate surface area is 140 Å². The molecular weight excluding hydrogens is 314 g/mol. The molecule has 0 saturated heterocycles. The Morgan fingerprint density at radius 2 is 1.91 bits per heavy atom. The van der Waals surface area contributed by atoms with Crippen molar-refractivity contribution in [3.05, 3.63) is 63.0 Å². The minimum atomic E-state index is -0.322. The molecule has 1 aromatic heterocycles. The van der Waals surface area contributed by atoms with Gasteiger partial charge in [-0.3, -0.25) is 9.59 Å². The maximum Gasteiger partial charge on any atom is 0.274 e. The maximum absolute atomic E-state index is 12.6. The third-order valence-electron chi connectivity index (χ3n) is 3.50. The van der Waals surface area contributed by atoms with Gasteiger partial charge in [-0.2, -0.15) is 5.10 Å². The van der Waals surface area contributed by atoms with E-state index in [-0.39, 0.29) is 17.2 Å². The van der Waals surface area contributed by atoms with E-state index in [1.807, 2.05) is 24.3 Å². The van der Waals surface area contributed by atoms with Crippen molar-refractivity contribution in [1.29, 1.82) is 0 Å². The average molecular weight is 334 g/mol. The number of aromatic amines is 1. The number of H-pyrrole nitrogens is 1. The first-order chi connectivity index (χ1) is 11.1. The number of nitrogens with zero attached hydrogens (tertiary/aromatic N) is 2. The molecule has 1 heterocycles. The monoisotopic (exact) mass is 333 g/mol. The Hall–Kier alpha value is -2.14. The Balaban J connectivity index is 2.14. The van der Waals surface area contributed by atoms with Gasteiger partial charge in [0.2, 0.25) is 0 Å². The second-order valence-electron chi connectivity index (χ2n) is 5.37. The molecular formula is C17H20ClN3O2. The molecule has 0 bridgehead atoms. The number of amides is 1. The number of benzene rings is 1. The van der Waals surface area contributed by atoms with Crippen LogP contribution in [0.25, 0.3) is 0 Å². The van der Waals surface area contributed by atoms with E-state index < -0.39 is 0 Å². The number of carbonyl (C=O) groups is 1. The van der Waals surface area contributed by atoms with Crippen molar-refractivity contribution in [2.24, 2.45) is 0 Å². The summed E-state index contributed by atoms with van der Waals surface area (Å²) in [6.07, 6.45) is 3.07. The van der Waals surface area contributed by atoms with Crippen LogP contribution in [-0.2, 0) is 6.54 Å². The molecule has 0 aliphatic heterocycles. The van der Waals surface area contributed by atoms with E-state index in [0.717, 1.165) is 24.8 Å². The largest absolute Gasteiger partial charge is 0.333 e.